The van der Waals surface area contributed by atoms with Crippen molar-refractivity contribution in [3.63, 3.8) is 0 Å². The average molecular weight is 286 g/mol. The van der Waals surface area contributed by atoms with Gasteiger partial charge in [-0.3, -0.25) is 0 Å². The number of nitrogen functional groups attached to an aromatic ring is 1. The quantitative estimate of drug-likeness (QED) is 0.506. The Morgan fingerprint density at radius 3 is 2.90 bits per heavy atom. The predicted octanol–water partition coefficient (Wildman–Crippen LogP) is 2.33. The van der Waals surface area contributed by atoms with E-state index in [1.807, 2.05) is 6.92 Å². The highest BCUT2D eigenvalue weighted by atomic mass is 19.1. The standard InChI is InChI=1S/C14H15FN6/c1-9(10-4-2-3-5-11(10)15)18-13-14-17-6-7-21(14)8-12(19-13)20-16/h2-9,20H,16H2,1H3,(H,18,19). The molecule has 2 aromatic heterocycles. The molecule has 7 heteroatoms. The van der Waals surface area contributed by atoms with Gasteiger partial charge in [0.15, 0.2) is 17.3 Å². The summed E-state index contributed by atoms with van der Waals surface area (Å²) in [5.74, 6) is 6.17. The van der Waals surface area contributed by atoms with Gasteiger partial charge in [-0.1, -0.05) is 18.2 Å². The van der Waals surface area contributed by atoms with Crippen LogP contribution in [0.15, 0.2) is 42.9 Å². The maximum Gasteiger partial charge on any atom is 0.180 e. The van der Waals surface area contributed by atoms with Gasteiger partial charge in [0.1, 0.15) is 5.82 Å². The molecule has 2 heterocycles. The van der Waals surface area contributed by atoms with Crippen LogP contribution in [0.2, 0.25) is 0 Å². The zero-order chi connectivity index (χ0) is 14.8. The minimum absolute atomic E-state index is 0.257. The molecule has 0 bridgehead atoms. The van der Waals surface area contributed by atoms with E-state index < -0.39 is 0 Å². The first-order valence-corrected chi connectivity index (χ1v) is 6.50. The molecule has 0 fully saturated rings. The second-order valence-corrected chi connectivity index (χ2v) is 4.66. The molecule has 0 spiro atoms. The molecule has 108 valence electrons. The molecular weight excluding hydrogens is 271 g/mol. The Balaban J connectivity index is 1.97. The summed E-state index contributed by atoms with van der Waals surface area (Å²) in [7, 11) is 0. The number of rotatable bonds is 4. The maximum atomic E-state index is 13.8. The van der Waals surface area contributed by atoms with Crippen LogP contribution in [0.4, 0.5) is 16.0 Å². The first-order valence-electron chi connectivity index (χ1n) is 6.50. The topological polar surface area (TPSA) is 80.3 Å². The Kier molecular flexibility index (Phi) is 3.41. The summed E-state index contributed by atoms with van der Waals surface area (Å²) in [6, 6.07) is 6.38. The van der Waals surface area contributed by atoms with Crippen molar-refractivity contribution in [2.45, 2.75) is 13.0 Å². The van der Waals surface area contributed by atoms with Crippen LogP contribution in [0.1, 0.15) is 18.5 Å². The number of benzene rings is 1. The molecule has 0 amide bonds. The lowest BCUT2D eigenvalue weighted by atomic mass is 10.1. The first kappa shape index (κ1) is 13.3. The van der Waals surface area contributed by atoms with E-state index in [2.05, 4.69) is 20.7 Å². The van der Waals surface area contributed by atoms with Gasteiger partial charge >= 0.3 is 0 Å². The summed E-state index contributed by atoms with van der Waals surface area (Å²) in [5, 5.41) is 3.17. The van der Waals surface area contributed by atoms with E-state index in [1.165, 1.54) is 6.07 Å². The van der Waals surface area contributed by atoms with Gasteiger partial charge in [-0.2, -0.15) is 0 Å². The molecule has 0 aliphatic carbocycles. The number of hydrazine groups is 1. The van der Waals surface area contributed by atoms with Crippen LogP contribution in [0.3, 0.4) is 0 Å². The fraction of sp³-hybridized carbons (Fsp3) is 0.143. The highest BCUT2D eigenvalue weighted by molar-refractivity contribution is 5.65. The van der Waals surface area contributed by atoms with Gasteiger partial charge in [0.25, 0.3) is 0 Å². The van der Waals surface area contributed by atoms with Crippen molar-refractivity contribution in [2.24, 2.45) is 5.84 Å². The summed E-state index contributed by atoms with van der Waals surface area (Å²) < 4.78 is 15.6. The van der Waals surface area contributed by atoms with Crippen LogP contribution in [-0.4, -0.2) is 14.4 Å². The third kappa shape index (κ3) is 2.50. The van der Waals surface area contributed by atoms with Gasteiger partial charge < -0.3 is 15.1 Å². The Hall–Kier alpha value is -2.67. The summed E-state index contributed by atoms with van der Waals surface area (Å²) in [6.07, 6.45) is 5.17. The average Bonchev–Trinajstić information content (AvgIpc) is 2.96. The molecule has 1 atom stereocenters. The smallest absolute Gasteiger partial charge is 0.180 e. The second-order valence-electron chi connectivity index (χ2n) is 4.66. The minimum Gasteiger partial charge on any atom is -0.360 e. The number of hydrogen-bond donors (Lipinski definition) is 3. The molecule has 1 aromatic carbocycles. The van der Waals surface area contributed by atoms with Crippen molar-refractivity contribution in [2.75, 3.05) is 10.7 Å². The number of nitrogens with zero attached hydrogens (tertiary/aromatic N) is 3. The Labute approximate surface area is 120 Å². The summed E-state index contributed by atoms with van der Waals surface area (Å²) in [6.45, 7) is 1.86. The van der Waals surface area contributed by atoms with Crippen LogP contribution in [-0.2, 0) is 0 Å². The molecule has 0 radical (unpaired) electrons. The number of imidazole rings is 1. The maximum absolute atomic E-state index is 13.8. The predicted molar refractivity (Wildman–Crippen MR) is 79.2 cm³/mol. The number of anilines is 2. The molecule has 4 N–H and O–H groups in total. The summed E-state index contributed by atoms with van der Waals surface area (Å²) in [5.41, 5.74) is 3.71. The summed E-state index contributed by atoms with van der Waals surface area (Å²) >= 11 is 0. The van der Waals surface area contributed by atoms with Crippen molar-refractivity contribution < 1.29 is 4.39 Å². The SMILES string of the molecule is CC(Nc1nc(NN)cn2ccnc12)c1ccccc1F. The largest absolute Gasteiger partial charge is 0.360 e. The molecule has 0 saturated heterocycles. The molecule has 6 nitrogen and oxygen atoms in total. The minimum atomic E-state index is -0.259. The van der Waals surface area contributed by atoms with Crippen LogP contribution in [0.25, 0.3) is 5.65 Å². The molecule has 0 saturated carbocycles. The number of nitrogens with one attached hydrogen (secondary N) is 2. The van der Waals surface area contributed by atoms with Crippen molar-refractivity contribution in [3.8, 4) is 0 Å². The highest BCUT2D eigenvalue weighted by Crippen LogP contribution is 2.23. The summed E-state index contributed by atoms with van der Waals surface area (Å²) in [4.78, 5) is 8.57. The van der Waals surface area contributed by atoms with E-state index in [0.29, 0.717) is 22.8 Å². The molecule has 0 aliphatic rings. The normalized spacial score (nSPS) is 12.3. The highest BCUT2D eigenvalue weighted by Gasteiger charge is 2.14. The fourth-order valence-electron chi connectivity index (χ4n) is 2.21. The first-order chi connectivity index (χ1) is 10.2. The van der Waals surface area contributed by atoms with Crippen LogP contribution < -0.4 is 16.6 Å². The van der Waals surface area contributed by atoms with Crippen molar-refractivity contribution >= 4 is 17.3 Å². The molecule has 1 unspecified atom stereocenters. The Morgan fingerprint density at radius 1 is 1.33 bits per heavy atom. The third-order valence-electron chi connectivity index (χ3n) is 3.25. The van der Waals surface area contributed by atoms with Gasteiger partial charge in [0, 0.05) is 18.0 Å². The fourth-order valence-corrected chi connectivity index (χ4v) is 2.21. The zero-order valence-electron chi connectivity index (χ0n) is 11.4. The van der Waals surface area contributed by atoms with Crippen LogP contribution in [0, 0.1) is 5.82 Å². The Bertz CT molecular complexity index is 769. The number of fused-ring (bicyclic) bond motifs is 1. The lowest BCUT2D eigenvalue weighted by Gasteiger charge is -2.16. The number of hydrogen-bond acceptors (Lipinski definition) is 5. The Morgan fingerprint density at radius 2 is 2.14 bits per heavy atom. The van der Waals surface area contributed by atoms with Crippen molar-refractivity contribution in [1.29, 1.82) is 0 Å². The van der Waals surface area contributed by atoms with Gasteiger partial charge in [0.05, 0.1) is 12.2 Å². The van der Waals surface area contributed by atoms with Gasteiger partial charge in [-0.15, -0.1) is 0 Å². The van der Waals surface area contributed by atoms with E-state index in [-0.39, 0.29) is 11.9 Å². The monoisotopic (exact) mass is 286 g/mol. The number of nitrogens with two attached hydrogens (primary N) is 1. The van der Waals surface area contributed by atoms with Crippen LogP contribution in [0.5, 0.6) is 0 Å². The molecule has 3 aromatic rings. The van der Waals surface area contributed by atoms with Crippen molar-refractivity contribution in [3.05, 3.63) is 54.2 Å². The van der Waals surface area contributed by atoms with Crippen molar-refractivity contribution in [1.82, 2.24) is 14.4 Å². The molecule has 0 aliphatic heterocycles. The molecular formula is C14H15FN6. The number of aromatic nitrogens is 3. The zero-order valence-corrected chi connectivity index (χ0v) is 11.4. The van der Waals surface area contributed by atoms with Gasteiger partial charge in [0.2, 0.25) is 0 Å². The lowest BCUT2D eigenvalue weighted by Crippen LogP contribution is -2.14. The van der Waals surface area contributed by atoms with Gasteiger partial charge in [-0.25, -0.2) is 20.2 Å². The second kappa shape index (κ2) is 5.37. The van der Waals surface area contributed by atoms with E-state index in [9.17, 15) is 4.39 Å². The van der Waals surface area contributed by atoms with E-state index in [0.717, 1.165) is 0 Å². The number of halogens is 1. The third-order valence-corrected chi connectivity index (χ3v) is 3.25. The van der Waals surface area contributed by atoms with E-state index >= 15 is 0 Å². The van der Waals surface area contributed by atoms with E-state index in [1.54, 1.807) is 41.2 Å². The van der Waals surface area contributed by atoms with Crippen LogP contribution >= 0.6 is 0 Å². The molecule has 3 rings (SSSR count). The lowest BCUT2D eigenvalue weighted by molar-refractivity contribution is 0.600. The van der Waals surface area contributed by atoms with E-state index in [4.69, 9.17) is 5.84 Å². The molecule has 21 heavy (non-hydrogen) atoms. The van der Waals surface area contributed by atoms with Gasteiger partial charge in [-0.05, 0) is 13.0 Å².